The molecule has 0 aliphatic heterocycles. The summed E-state index contributed by atoms with van der Waals surface area (Å²) in [7, 11) is 0. The molecule has 0 radical (unpaired) electrons. The van der Waals surface area contributed by atoms with Crippen LogP contribution in [0.1, 0.15) is 56.1 Å². The minimum Gasteiger partial charge on any atom is -0.397 e. The lowest BCUT2D eigenvalue weighted by Crippen LogP contribution is -2.38. The van der Waals surface area contributed by atoms with Crippen LogP contribution in [0, 0.1) is 11.8 Å². The van der Waals surface area contributed by atoms with Gasteiger partial charge in [0, 0.05) is 18.3 Å². The highest BCUT2D eigenvalue weighted by Crippen LogP contribution is 2.37. The quantitative estimate of drug-likeness (QED) is 0.878. The molecule has 19 heavy (non-hydrogen) atoms. The van der Waals surface area contributed by atoms with Gasteiger partial charge in [0.25, 0.3) is 5.91 Å². The fraction of sp³-hybridized carbons (Fsp3) is 0.667. The molecule has 104 valence electrons. The summed E-state index contributed by atoms with van der Waals surface area (Å²) < 4.78 is 2.05. The number of nitrogen functional groups attached to an aromatic ring is 1. The molecule has 0 aromatic carbocycles. The molecule has 1 heterocycles. The lowest BCUT2D eigenvalue weighted by atomic mass is 9.98. The van der Waals surface area contributed by atoms with E-state index in [0.717, 1.165) is 25.0 Å². The van der Waals surface area contributed by atoms with Crippen molar-refractivity contribution >= 4 is 11.6 Å². The SMILES string of the molecule is CC1CCC(NC(=O)c2cc(N)cn2C2CC2)C1C. The van der Waals surface area contributed by atoms with Crippen LogP contribution >= 0.6 is 0 Å². The molecule has 3 rings (SSSR count). The van der Waals surface area contributed by atoms with Gasteiger partial charge in [-0.15, -0.1) is 0 Å². The lowest BCUT2D eigenvalue weighted by Gasteiger charge is -2.20. The zero-order chi connectivity index (χ0) is 13.6. The van der Waals surface area contributed by atoms with E-state index in [9.17, 15) is 4.79 Å². The molecule has 4 nitrogen and oxygen atoms in total. The molecule has 0 spiro atoms. The normalized spacial score (nSPS) is 30.5. The monoisotopic (exact) mass is 261 g/mol. The van der Waals surface area contributed by atoms with Crippen molar-refractivity contribution < 1.29 is 4.79 Å². The van der Waals surface area contributed by atoms with E-state index in [-0.39, 0.29) is 5.91 Å². The van der Waals surface area contributed by atoms with Gasteiger partial charge in [-0.25, -0.2) is 0 Å². The largest absolute Gasteiger partial charge is 0.397 e. The molecule has 1 aromatic heterocycles. The Hall–Kier alpha value is -1.45. The Bertz CT molecular complexity index is 490. The Morgan fingerprint density at radius 2 is 2.05 bits per heavy atom. The van der Waals surface area contributed by atoms with Crippen LogP contribution in [0.3, 0.4) is 0 Å². The van der Waals surface area contributed by atoms with Crippen molar-refractivity contribution in [2.45, 2.75) is 51.6 Å². The minimum atomic E-state index is 0.0366. The molecular weight excluding hydrogens is 238 g/mol. The van der Waals surface area contributed by atoms with Gasteiger partial charge < -0.3 is 15.6 Å². The summed E-state index contributed by atoms with van der Waals surface area (Å²) in [4.78, 5) is 12.4. The second-order valence-corrected chi connectivity index (χ2v) is 6.29. The number of nitrogens with two attached hydrogens (primary N) is 1. The van der Waals surface area contributed by atoms with Gasteiger partial charge in [-0.2, -0.15) is 0 Å². The zero-order valence-electron chi connectivity index (χ0n) is 11.7. The van der Waals surface area contributed by atoms with E-state index < -0.39 is 0 Å². The minimum absolute atomic E-state index is 0.0366. The number of nitrogens with one attached hydrogen (secondary N) is 1. The van der Waals surface area contributed by atoms with Crippen LogP contribution in [0.15, 0.2) is 12.3 Å². The number of aromatic nitrogens is 1. The number of nitrogens with zero attached hydrogens (tertiary/aromatic N) is 1. The first-order valence-electron chi connectivity index (χ1n) is 7.34. The van der Waals surface area contributed by atoms with Crippen molar-refractivity contribution in [3.63, 3.8) is 0 Å². The maximum Gasteiger partial charge on any atom is 0.268 e. The van der Waals surface area contributed by atoms with E-state index in [1.165, 1.54) is 6.42 Å². The van der Waals surface area contributed by atoms with Gasteiger partial charge in [-0.3, -0.25) is 4.79 Å². The highest BCUT2D eigenvalue weighted by Gasteiger charge is 2.33. The molecule has 2 aliphatic rings. The third-order valence-electron chi connectivity index (χ3n) is 4.82. The molecule has 2 saturated carbocycles. The lowest BCUT2D eigenvalue weighted by molar-refractivity contribution is 0.0917. The first-order valence-corrected chi connectivity index (χ1v) is 7.34. The molecule has 1 aromatic rings. The number of hydrogen-bond acceptors (Lipinski definition) is 2. The summed E-state index contributed by atoms with van der Waals surface area (Å²) in [5, 5.41) is 3.20. The van der Waals surface area contributed by atoms with E-state index in [2.05, 4.69) is 19.2 Å². The van der Waals surface area contributed by atoms with Crippen molar-refractivity contribution in [3.8, 4) is 0 Å². The summed E-state index contributed by atoms with van der Waals surface area (Å²) in [5.41, 5.74) is 7.25. The Balaban J connectivity index is 1.73. The second-order valence-electron chi connectivity index (χ2n) is 6.29. The maximum atomic E-state index is 12.4. The average molecular weight is 261 g/mol. The average Bonchev–Trinajstić information content (AvgIpc) is 3.09. The van der Waals surface area contributed by atoms with Crippen LogP contribution in [0.5, 0.6) is 0 Å². The molecule has 3 N–H and O–H groups in total. The maximum absolute atomic E-state index is 12.4. The second kappa shape index (κ2) is 4.58. The van der Waals surface area contributed by atoms with Gasteiger partial charge in [0.2, 0.25) is 0 Å². The van der Waals surface area contributed by atoms with E-state index in [1.54, 1.807) is 6.07 Å². The molecule has 0 bridgehead atoms. The van der Waals surface area contributed by atoms with E-state index in [1.807, 2.05) is 10.8 Å². The first-order chi connectivity index (χ1) is 9.06. The third kappa shape index (κ3) is 2.36. The van der Waals surface area contributed by atoms with Crippen LogP contribution in [0.4, 0.5) is 5.69 Å². The molecule has 1 amide bonds. The molecule has 3 unspecified atom stereocenters. The highest BCUT2D eigenvalue weighted by molar-refractivity contribution is 5.94. The van der Waals surface area contributed by atoms with Crippen molar-refractivity contribution in [1.82, 2.24) is 9.88 Å². The Morgan fingerprint density at radius 3 is 2.63 bits per heavy atom. The molecule has 3 atom stereocenters. The first kappa shape index (κ1) is 12.6. The van der Waals surface area contributed by atoms with Crippen molar-refractivity contribution in [2.75, 3.05) is 5.73 Å². The number of hydrogen-bond donors (Lipinski definition) is 2. The van der Waals surface area contributed by atoms with Crippen LogP contribution in [0.2, 0.25) is 0 Å². The van der Waals surface area contributed by atoms with Crippen molar-refractivity contribution in [2.24, 2.45) is 11.8 Å². The molecule has 0 saturated heterocycles. The Kier molecular flexibility index (Phi) is 3.03. The standard InChI is InChI=1S/C15H23N3O/c1-9-3-6-13(10(9)2)17-15(19)14-7-11(16)8-18(14)12-4-5-12/h7-10,12-13H,3-6,16H2,1-2H3,(H,17,19). The number of rotatable bonds is 3. The van der Waals surface area contributed by atoms with Crippen molar-refractivity contribution in [3.05, 3.63) is 18.0 Å². The van der Waals surface area contributed by atoms with Gasteiger partial charge in [0.1, 0.15) is 5.69 Å². The van der Waals surface area contributed by atoms with E-state index in [4.69, 9.17) is 5.73 Å². The van der Waals surface area contributed by atoms with Gasteiger partial charge in [-0.1, -0.05) is 13.8 Å². The summed E-state index contributed by atoms with van der Waals surface area (Å²) in [5.74, 6) is 1.30. The van der Waals surface area contributed by atoms with Crippen LogP contribution in [-0.4, -0.2) is 16.5 Å². The smallest absolute Gasteiger partial charge is 0.268 e. The molecule has 2 fully saturated rings. The summed E-state index contributed by atoms with van der Waals surface area (Å²) >= 11 is 0. The Labute approximate surface area is 114 Å². The fourth-order valence-corrected chi connectivity index (χ4v) is 3.15. The number of carbonyl (C=O) groups excluding carboxylic acids is 1. The third-order valence-corrected chi connectivity index (χ3v) is 4.82. The van der Waals surface area contributed by atoms with Crippen molar-refractivity contribution in [1.29, 1.82) is 0 Å². The number of anilines is 1. The van der Waals surface area contributed by atoms with E-state index >= 15 is 0 Å². The van der Waals surface area contributed by atoms with Gasteiger partial charge in [0.05, 0.1) is 5.69 Å². The van der Waals surface area contributed by atoms with Gasteiger partial charge in [-0.05, 0) is 43.6 Å². The van der Waals surface area contributed by atoms with Crippen LogP contribution in [-0.2, 0) is 0 Å². The fourth-order valence-electron chi connectivity index (χ4n) is 3.15. The van der Waals surface area contributed by atoms with Crippen LogP contribution in [0.25, 0.3) is 0 Å². The van der Waals surface area contributed by atoms with E-state index in [0.29, 0.717) is 29.6 Å². The predicted octanol–water partition coefficient (Wildman–Crippen LogP) is 2.57. The molecule has 2 aliphatic carbocycles. The van der Waals surface area contributed by atoms with Gasteiger partial charge >= 0.3 is 0 Å². The summed E-state index contributed by atoms with van der Waals surface area (Å²) in [6.45, 7) is 4.50. The molecular formula is C15H23N3O. The number of carbonyl (C=O) groups is 1. The van der Waals surface area contributed by atoms with Gasteiger partial charge in [0.15, 0.2) is 0 Å². The Morgan fingerprint density at radius 1 is 1.32 bits per heavy atom. The highest BCUT2D eigenvalue weighted by atomic mass is 16.2. The summed E-state index contributed by atoms with van der Waals surface area (Å²) in [6, 6.07) is 2.60. The predicted molar refractivity (Wildman–Crippen MR) is 75.9 cm³/mol. The van der Waals surface area contributed by atoms with Crippen LogP contribution < -0.4 is 11.1 Å². The zero-order valence-corrected chi connectivity index (χ0v) is 11.7. The molecule has 4 heteroatoms. The summed E-state index contributed by atoms with van der Waals surface area (Å²) in [6.07, 6.45) is 6.51. The number of amides is 1. The topological polar surface area (TPSA) is 60.1 Å².